The van der Waals surface area contributed by atoms with Gasteiger partial charge in [0, 0.05) is 0 Å². The van der Waals surface area contributed by atoms with Crippen molar-refractivity contribution < 1.29 is 9.90 Å². The molecule has 0 fully saturated rings. The zero-order chi connectivity index (χ0) is 12.1. The molecule has 2 heteroatoms. The number of hydrogen-bond donors (Lipinski definition) is 1. The minimum atomic E-state index is -0.774. The molecular weight excluding hydrogens is 200 g/mol. The molecule has 0 rings (SSSR count). The molecule has 88 valence electrons. The molecule has 0 amide bonds. The quantitative estimate of drug-likeness (QED) is 0.474. The first-order chi connectivity index (χ1) is 7.77. The van der Waals surface area contributed by atoms with Crippen molar-refractivity contribution in [3.63, 3.8) is 0 Å². The lowest BCUT2D eigenvalue weighted by Crippen LogP contribution is -1.89. The Morgan fingerprint density at radius 2 is 1.50 bits per heavy atom. The molecular formula is C14H20O2. The number of unbranched alkanes of at least 4 members (excludes halogenated alkanes) is 3. The second kappa shape index (κ2) is 11.8. The molecule has 0 aliphatic heterocycles. The summed E-state index contributed by atoms with van der Waals surface area (Å²) in [4.78, 5) is 10.2. The number of carboxylic acid groups (broad SMARTS) is 1. The van der Waals surface area contributed by atoms with Crippen LogP contribution in [0.1, 0.15) is 38.5 Å². The van der Waals surface area contributed by atoms with Crippen LogP contribution >= 0.6 is 0 Å². The minimum absolute atomic E-state index is 0.126. The van der Waals surface area contributed by atoms with Crippen LogP contribution < -0.4 is 0 Å². The summed E-state index contributed by atoms with van der Waals surface area (Å²) < 4.78 is 0. The maximum Gasteiger partial charge on any atom is 0.307 e. The first kappa shape index (κ1) is 14.7. The lowest BCUT2D eigenvalue weighted by atomic mass is 10.2. The van der Waals surface area contributed by atoms with Gasteiger partial charge in [0.05, 0.1) is 6.42 Å². The Hall–Kier alpha value is -1.31. The van der Waals surface area contributed by atoms with Crippen LogP contribution in [-0.4, -0.2) is 11.1 Å². The molecule has 0 aliphatic rings. The monoisotopic (exact) mass is 220 g/mol. The van der Waals surface area contributed by atoms with Crippen LogP contribution in [0.2, 0.25) is 0 Å². The van der Waals surface area contributed by atoms with Crippen LogP contribution in [0.4, 0.5) is 0 Å². The zero-order valence-corrected chi connectivity index (χ0v) is 9.64. The summed E-state index contributed by atoms with van der Waals surface area (Å²) in [5.74, 6) is -0.774. The van der Waals surface area contributed by atoms with Crippen molar-refractivity contribution in [2.24, 2.45) is 0 Å². The first-order valence-corrected chi connectivity index (χ1v) is 5.66. The predicted molar refractivity (Wildman–Crippen MR) is 67.1 cm³/mol. The summed E-state index contributed by atoms with van der Waals surface area (Å²) in [5, 5.41) is 8.38. The summed E-state index contributed by atoms with van der Waals surface area (Å²) >= 11 is 0. The average molecular weight is 220 g/mol. The molecule has 0 spiro atoms. The highest BCUT2D eigenvalue weighted by molar-refractivity contribution is 5.68. The van der Waals surface area contributed by atoms with Gasteiger partial charge in [-0.1, -0.05) is 36.5 Å². The number of aliphatic carboxylic acids is 1. The van der Waals surface area contributed by atoms with E-state index in [1.165, 1.54) is 0 Å². The highest BCUT2D eigenvalue weighted by Crippen LogP contribution is 2.01. The van der Waals surface area contributed by atoms with E-state index in [4.69, 9.17) is 12.0 Å². The van der Waals surface area contributed by atoms with Gasteiger partial charge in [0.15, 0.2) is 0 Å². The SMILES string of the molecule is [CH]/C=C/CC/C=C/CCC/C=C/CC(=O)O. The number of hydrogen-bond acceptors (Lipinski definition) is 1. The molecule has 2 radical (unpaired) electrons. The molecule has 0 unspecified atom stereocenters. The summed E-state index contributed by atoms with van der Waals surface area (Å²) in [5.41, 5.74) is 0. The van der Waals surface area contributed by atoms with Gasteiger partial charge < -0.3 is 5.11 Å². The molecule has 1 N–H and O–H groups in total. The molecule has 0 saturated heterocycles. The largest absolute Gasteiger partial charge is 0.481 e. The highest BCUT2D eigenvalue weighted by atomic mass is 16.4. The second-order valence-corrected chi connectivity index (χ2v) is 3.48. The van der Waals surface area contributed by atoms with E-state index in [-0.39, 0.29) is 6.42 Å². The Morgan fingerprint density at radius 3 is 2.12 bits per heavy atom. The van der Waals surface area contributed by atoms with Crippen molar-refractivity contribution >= 4 is 5.97 Å². The number of allylic oxidation sites excluding steroid dienone is 5. The highest BCUT2D eigenvalue weighted by Gasteiger charge is 1.88. The van der Waals surface area contributed by atoms with Crippen LogP contribution in [0.5, 0.6) is 0 Å². The van der Waals surface area contributed by atoms with Gasteiger partial charge in [-0.05, 0) is 39.0 Å². The smallest absolute Gasteiger partial charge is 0.307 e. The van der Waals surface area contributed by atoms with E-state index in [1.807, 2.05) is 12.2 Å². The van der Waals surface area contributed by atoms with E-state index in [2.05, 4.69) is 12.2 Å². The van der Waals surface area contributed by atoms with Gasteiger partial charge in [0.2, 0.25) is 0 Å². The Morgan fingerprint density at radius 1 is 0.938 bits per heavy atom. The van der Waals surface area contributed by atoms with E-state index in [9.17, 15) is 4.79 Å². The van der Waals surface area contributed by atoms with Gasteiger partial charge in [-0.15, -0.1) is 0 Å². The molecule has 0 aromatic carbocycles. The Labute approximate surface area is 98.4 Å². The maximum atomic E-state index is 10.2. The van der Waals surface area contributed by atoms with Gasteiger partial charge in [0.1, 0.15) is 0 Å². The molecule has 0 heterocycles. The Kier molecular flexibility index (Phi) is 10.8. The Bertz CT molecular complexity index is 249. The fraction of sp³-hybridized carbons (Fsp3) is 0.429. The molecule has 0 bridgehead atoms. The van der Waals surface area contributed by atoms with Gasteiger partial charge in [-0.2, -0.15) is 0 Å². The second-order valence-electron chi connectivity index (χ2n) is 3.48. The lowest BCUT2D eigenvalue weighted by molar-refractivity contribution is -0.136. The molecule has 0 aromatic heterocycles. The predicted octanol–water partition coefficient (Wildman–Crippen LogP) is 3.79. The normalized spacial score (nSPS) is 12.1. The van der Waals surface area contributed by atoms with Crippen molar-refractivity contribution in [2.75, 3.05) is 0 Å². The first-order valence-electron chi connectivity index (χ1n) is 5.66. The van der Waals surface area contributed by atoms with Crippen molar-refractivity contribution in [3.8, 4) is 0 Å². The number of carbonyl (C=O) groups is 1. The van der Waals surface area contributed by atoms with Crippen LogP contribution in [0, 0.1) is 6.92 Å². The molecule has 0 saturated carbocycles. The molecule has 2 nitrogen and oxygen atoms in total. The summed E-state index contributed by atoms with van der Waals surface area (Å²) in [7, 11) is 0. The minimum Gasteiger partial charge on any atom is -0.481 e. The number of carboxylic acids is 1. The molecule has 0 aromatic rings. The third-order valence-corrected chi connectivity index (χ3v) is 2.00. The van der Waals surface area contributed by atoms with Crippen LogP contribution in [0.3, 0.4) is 0 Å². The topological polar surface area (TPSA) is 37.3 Å². The maximum absolute atomic E-state index is 10.2. The average Bonchev–Trinajstić information content (AvgIpc) is 2.25. The summed E-state index contributed by atoms with van der Waals surface area (Å²) in [6, 6.07) is 0. The summed E-state index contributed by atoms with van der Waals surface area (Å²) in [6.45, 7) is 5.20. The number of rotatable bonds is 9. The van der Waals surface area contributed by atoms with Crippen molar-refractivity contribution in [2.45, 2.75) is 38.5 Å². The van der Waals surface area contributed by atoms with E-state index >= 15 is 0 Å². The van der Waals surface area contributed by atoms with Crippen molar-refractivity contribution in [1.29, 1.82) is 0 Å². The molecule has 16 heavy (non-hydrogen) atoms. The lowest BCUT2D eigenvalue weighted by Gasteiger charge is -1.91. The molecule has 0 atom stereocenters. The van der Waals surface area contributed by atoms with Crippen molar-refractivity contribution in [3.05, 3.63) is 43.4 Å². The zero-order valence-electron chi connectivity index (χ0n) is 9.64. The fourth-order valence-corrected chi connectivity index (χ4v) is 1.18. The van der Waals surface area contributed by atoms with E-state index in [1.54, 1.807) is 12.2 Å². The van der Waals surface area contributed by atoms with E-state index in [0.29, 0.717) is 0 Å². The van der Waals surface area contributed by atoms with Gasteiger partial charge in [0.25, 0.3) is 0 Å². The van der Waals surface area contributed by atoms with E-state index in [0.717, 1.165) is 32.1 Å². The van der Waals surface area contributed by atoms with Crippen LogP contribution in [-0.2, 0) is 4.79 Å². The van der Waals surface area contributed by atoms with Gasteiger partial charge in [-0.25, -0.2) is 0 Å². The fourth-order valence-electron chi connectivity index (χ4n) is 1.18. The standard InChI is InChI=1S/C14H20O2/c1-2-3-4-5-6-7-8-9-10-11-12-13-14(15)16/h1-3,6-7,11-12H,4-5,8-10,13H2,(H,15,16)/b3-2+,7-6+,12-11+. The molecule has 0 aliphatic carbocycles. The third kappa shape index (κ3) is 12.7. The Balaban J connectivity index is 3.26. The van der Waals surface area contributed by atoms with Crippen LogP contribution in [0.15, 0.2) is 36.5 Å². The van der Waals surface area contributed by atoms with Gasteiger partial charge in [-0.3, -0.25) is 4.79 Å². The van der Waals surface area contributed by atoms with Gasteiger partial charge >= 0.3 is 5.97 Å². The van der Waals surface area contributed by atoms with E-state index < -0.39 is 5.97 Å². The van der Waals surface area contributed by atoms with Crippen LogP contribution in [0.25, 0.3) is 0 Å². The third-order valence-electron chi connectivity index (χ3n) is 2.00. The summed E-state index contributed by atoms with van der Waals surface area (Å²) in [6.07, 6.45) is 16.7. The van der Waals surface area contributed by atoms with Crippen molar-refractivity contribution in [1.82, 2.24) is 0 Å².